The number of hydrogen-bond acceptors (Lipinski definition) is 4. The summed E-state index contributed by atoms with van der Waals surface area (Å²) in [6.45, 7) is 3.32. The lowest BCUT2D eigenvalue weighted by Gasteiger charge is -2.28. The van der Waals surface area contributed by atoms with E-state index in [1.54, 1.807) is 25.3 Å². The average Bonchev–Trinajstić information content (AvgIpc) is 2.63. The number of carbonyl (C=O) groups excluding carboxylic acids is 1. The van der Waals surface area contributed by atoms with Crippen LogP contribution in [0.4, 0.5) is 11.4 Å². The molecular weight excluding hydrogens is 340 g/mol. The summed E-state index contributed by atoms with van der Waals surface area (Å²) in [6, 6.07) is 13.3. The van der Waals surface area contributed by atoms with Gasteiger partial charge in [0.1, 0.15) is 5.75 Å². The Hall–Kier alpha value is -2.24. The van der Waals surface area contributed by atoms with Crippen molar-refractivity contribution in [1.29, 1.82) is 0 Å². The number of amides is 1. The highest BCUT2D eigenvalue weighted by Crippen LogP contribution is 2.27. The first kappa shape index (κ1) is 17.6. The van der Waals surface area contributed by atoms with Gasteiger partial charge in [-0.25, -0.2) is 0 Å². The van der Waals surface area contributed by atoms with E-state index in [2.05, 4.69) is 22.3 Å². The summed E-state index contributed by atoms with van der Waals surface area (Å²) in [5.41, 5.74) is 2.78. The normalized spacial score (nSPS) is 14.2. The van der Waals surface area contributed by atoms with Gasteiger partial charge >= 0.3 is 0 Å². The Balaban J connectivity index is 1.58. The van der Waals surface area contributed by atoms with Crippen LogP contribution in [0.3, 0.4) is 0 Å². The Bertz CT molecular complexity index is 728. The summed E-state index contributed by atoms with van der Waals surface area (Å²) in [5.74, 6) is 0.499. The lowest BCUT2D eigenvalue weighted by atomic mass is 10.1. The van der Waals surface area contributed by atoms with Gasteiger partial charge < -0.3 is 19.7 Å². The molecule has 0 aromatic heterocycles. The van der Waals surface area contributed by atoms with Crippen LogP contribution in [0, 0.1) is 0 Å². The fourth-order valence-corrected chi connectivity index (χ4v) is 3.04. The smallest absolute Gasteiger partial charge is 0.228 e. The van der Waals surface area contributed by atoms with Crippen molar-refractivity contribution in [2.45, 2.75) is 6.42 Å². The van der Waals surface area contributed by atoms with Gasteiger partial charge in [0.25, 0.3) is 0 Å². The largest absolute Gasteiger partial charge is 0.495 e. The number of benzene rings is 2. The molecule has 0 saturated carbocycles. The molecule has 1 heterocycles. The van der Waals surface area contributed by atoms with E-state index in [1.807, 2.05) is 12.1 Å². The Labute approximate surface area is 152 Å². The molecule has 1 aliphatic rings. The molecule has 2 aromatic rings. The number of anilines is 2. The van der Waals surface area contributed by atoms with Crippen molar-refractivity contribution < 1.29 is 14.3 Å². The number of halogens is 1. The summed E-state index contributed by atoms with van der Waals surface area (Å²) in [6.07, 6.45) is 0.313. The summed E-state index contributed by atoms with van der Waals surface area (Å²) in [7, 11) is 1.56. The zero-order chi connectivity index (χ0) is 17.6. The van der Waals surface area contributed by atoms with E-state index < -0.39 is 0 Å². The van der Waals surface area contributed by atoms with Crippen LogP contribution < -0.4 is 15.0 Å². The van der Waals surface area contributed by atoms with Crippen molar-refractivity contribution in [3.8, 4) is 5.75 Å². The van der Waals surface area contributed by atoms with Crippen molar-refractivity contribution in [2.75, 3.05) is 43.6 Å². The second-order valence-corrected chi connectivity index (χ2v) is 6.25. The van der Waals surface area contributed by atoms with Gasteiger partial charge in [0, 0.05) is 24.5 Å². The first-order valence-corrected chi connectivity index (χ1v) is 8.58. The minimum absolute atomic E-state index is 0.0830. The number of morpholine rings is 1. The highest BCUT2D eigenvalue weighted by Gasteiger charge is 2.11. The number of nitrogens with one attached hydrogen (secondary N) is 1. The minimum atomic E-state index is -0.0830. The van der Waals surface area contributed by atoms with Crippen molar-refractivity contribution in [2.24, 2.45) is 0 Å². The molecule has 1 saturated heterocycles. The molecule has 1 amide bonds. The number of ether oxygens (including phenoxy) is 2. The number of rotatable bonds is 5. The van der Waals surface area contributed by atoms with Crippen molar-refractivity contribution >= 4 is 28.9 Å². The van der Waals surface area contributed by atoms with E-state index in [1.165, 1.54) is 0 Å². The van der Waals surface area contributed by atoms with Crippen molar-refractivity contribution in [3.63, 3.8) is 0 Å². The zero-order valence-corrected chi connectivity index (χ0v) is 14.9. The Kier molecular flexibility index (Phi) is 5.79. The molecule has 25 heavy (non-hydrogen) atoms. The molecule has 0 spiro atoms. The SMILES string of the molecule is COc1ccc(NC(=O)Cc2ccc(N3CCOCC3)cc2)cc1Cl. The quantitative estimate of drug-likeness (QED) is 0.888. The van der Waals surface area contributed by atoms with Gasteiger partial charge in [0.2, 0.25) is 5.91 Å². The van der Waals surface area contributed by atoms with Crippen LogP contribution in [0.2, 0.25) is 5.02 Å². The van der Waals surface area contributed by atoms with Gasteiger partial charge in [-0.15, -0.1) is 0 Å². The Morgan fingerprint density at radius 1 is 1.20 bits per heavy atom. The van der Waals surface area contributed by atoms with E-state index in [-0.39, 0.29) is 5.91 Å². The Morgan fingerprint density at radius 2 is 1.92 bits per heavy atom. The predicted octanol–water partition coefficient (Wildman–Crippen LogP) is 3.37. The highest BCUT2D eigenvalue weighted by molar-refractivity contribution is 6.32. The number of hydrogen-bond donors (Lipinski definition) is 1. The summed E-state index contributed by atoms with van der Waals surface area (Å²) in [4.78, 5) is 14.5. The molecule has 3 rings (SSSR count). The van der Waals surface area contributed by atoms with Gasteiger partial charge in [-0.05, 0) is 35.9 Å². The van der Waals surface area contributed by atoms with Gasteiger partial charge in [-0.3, -0.25) is 4.79 Å². The van der Waals surface area contributed by atoms with E-state index >= 15 is 0 Å². The highest BCUT2D eigenvalue weighted by atomic mass is 35.5. The third-order valence-electron chi connectivity index (χ3n) is 4.11. The molecule has 1 N–H and O–H groups in total. The van der Waals surface area contributed by atoms with E-state index in [0.29, 0.717) is 22.9 Å². The van der Waals surface area contributed by atoms with Crippen LogP contribution in [-0.2, 0) is 16.0 Å². The second-order valence-electron chi connectivity index (χ2n) is 5.84. The van der Waals surface area contributed by atoms with Crippen molar-refractivity contribution in [1.82, 2.24) is 0 Å². The van der Waals surface area contributed by atoms with E-state index in [9.17, 15) is 4.79 Å². The molecule has 6 heteroatoms. The van der Waals surface area contributed by atoms with Crippen molar-refractivity contribution in [3.05, 3.63) is 53.1 Å². The zero-order valence-electron chi connectivity index (χ0n) is 14.1. The maximum absolute atomic E-state index is 12.2. The van der Waals surface area contributed by atoms with Crippen LogP contribution in [0.5, 0.6) is 5.75 Å². The number of methoxy groups -OCH3 is 1. The van der Waals surface area contributed by atoms with Gasteiger partial charge in [0.05, 0.1) is 31.8 Å². The molecular formula is C19H21ClN2O3. The third kappa shape index (κ3) is 4.65. The molecule has 0 atom stereocenters. The van der Waals surface area contributed by atoms with Crippen LogP contribution >= 0.6 is 11.6 Å². The Morgan fingerprint density at radius 3 is 2.56 bits per heavy atom. The van der Waals surface area contributed by atoms with Gasteiger partial charge in [-0.1, -0.05) is 23.7 Å². The first-order chi connectivity index (χ1) is 12.2. The average molecular weight is 361 g/mol. The molecule has 0 radical (unpaired) electrons. The molecule has 2 aromatic carbocycles. The van der Waals surface area contributed by atoms with E-state index in [0.717, 1.165) is 37.6 Å². The van der Waals surface area contributed by atoms with Crippen LogP contribution in [-0.4, -0.2) is 39.3 Å². The number of nitrogens with zero attached hydrogens (tertiary/aromatic N) is 1. The monoisotopic (exact) mass is 360 g/mol. The minimum Gasteiger partial charge on any atom is -0.495 e. The molecule has 1 fully saturated rings. The first-order valence-electron chi connectivity index (χ1n) is 8.21. The van der Waals surface area contributed by atoms with Crippen LogP contribution in [0.1, 0.15) is 5.56 Å². The van der Waals surface area contributed by atoms with Gasteiger partial charge in [-0.2, -0.15) is 0 Å². The topological polar surface area (TPSA) is 50.8 Å². The molecule has 1 aliphatic heterocycles. The molecule has 0 bridgehead atoms. The fourth-order valence-electron chi connectivity index (χ4n) is 2.78. The summed E-state index contributed by atoms with van der Waals surface area (Å²) < 4.78 is 10.5. The van der Waals surface area contributed by atoms with E-state index in [4.69, 9.17) is 21.1 Å². The maximum Gasteiger partial charge on any atom is 0.228 e. The maximum atomic E-state index is 12.2. The third-order valence-corrected chi connectivity index (χ3v) is 4.41. The molecule has 132 valence electrons. The van der Waals surface area contributed by atoms with Gasteiger partial charge in [0.15, 0.2) is 0 Å². The second kappa shape index (κ2) is 8.23. The molecule has 0 unspecified atom stereocenters. The van der Waals surface area contributed by atoms with Crippen LogP contribution in [0.15, 0.2) is 42.5 Å². The van der Waals surface area contributed by atoms with Crippen LogP contribution in [0.25, 0.3) is 0 Å². The molecule has 5 nitrogen and oxygen atoms in total. The summed E-state index contributed by atoms with van der Waals surface area (Å²) in [5, 5.41) is 3.32. The fraction of sp³-hybridized carbons (Fsp3) is 0.316. The number of carbonyl (C=O) groups is 1. The summed E-state index contributed by atoms with van der Waals surface area (Å²) >= 11 is 6.07. The molecule has 0 aliphatic carbocycles. The standard InChI is InChI=1S/C19H21ClN2O3/c1-24-18-7-4-15(13-17(18)20)21-19(23)12-14-2-5-16(6-3-14)22-8-10-25-11-9-22/h2-7,13H,8-12H2,1H3,(H,21,23). The lowest BCUT2D eigenvalue weighted by Crippen LogP contribution is -2.36. The predicted molar refractivity (Wildman–Crippen MR) is 99.8 cm³/mol. The lowest BCUT2D eigenvalue weighted by molar-refractivity contribution is -0.115.